The fourth-order valence-corrected chi connectivity index (χ4v) is 1.14. The Balaban J connectivity index is 0.00000196. The summed E-state index contributed by atoms with van der Waals surface area (Å²) in [7, 11) is 0. The van der Waals surface area contributed by atoms with E-state index in [1.807, 2.05) is 6.07 Å². The Morgan fingerprint density at radius 3 is 2.87 bits per heavy atom. The largest absolute Gasteiger partial charge is 3.00 e. The summed E-state index contributed by atoms with van der Waals surface area (Å²) in [6.45, 7) is 0. The molecule has 0 aliphatic rings. The summed E-state index contributed by atoms with van der Waals surface area (Å²) in [6, 6.07) is 6.96. The Labute approximate surface area is 113 Å². The number of rotatable bonds is 4. The van der Waals surface area contributed by atoms with Gasteiger partial charge in [-0.1, -0.05) is 17.8 Å². The van der Waals surface area contributed by atoms with E-state index in [-0.39, 0.29) is 38.5 Å². The van der Waals surface area contributed by atoms with Crippen molar-refractivity contribution in [2.75, 3.05) is 5.32 Å². The summed E-state index contributed by atoms with van der Waals surface area (Å²) < 4.78 is 0. The van der Waals surface area contributed by atoms with Crippen LogP contribution in [0.1, 0.15) is 12.0 Å². The van der Waals surface area contributed by atoms with Crippen LogP contribution in [0.15, 0.2) is 18.2 Å². The number of carbonyl (C=O) groups excluding carboxylic acids is 1. The number of phenols is 1. The van der Waals surface area contributed by atoms with Crippen LogP contribution in [-0.4, -0.2) is 11.5 Å². The molecule has 0 aliphatic heterocycles. The molecule has 5 heteroatoms. The van der Waals surface area contributed by atoms with E-state index >= 15 is 0 Å². The van der Waals surface area contributed by atoms with Crippen LogP contribution in [0, 0.1) is 11.3 Å². The molecule has 0 atom stereocenters. The zero-order valence-electron chi connectivity index (χ0n) is 8.03. The van der Waals surface area contributed by atoms with Gasteiger partial charge < -0.3 is 15.2 Å². The van der Waals surface area contributed by atoms with Crippen molar-refractivity contribution in [3.05, 3.63) is 23.8 Å². The third-order valence-corrected chi connectivity index (χ3v) is 1.81. The molecule has 0 aromatic heterocycles. The first kappa shape index (κ1) is 14.1. The maximum Gasteiger partial charge on any atom is 3.00 e. The van der Waals surface area contributed by atoms with Crippen molar-refractivity contribution in [2.45, 2.75) is 12.8 Å². The van der Waals surface area contributed by atoms with Gasteiger partial charge in [0.2, 0.25) is 0 Å². The van der Waals surface area contributed by atoms with Gasteiger partial charge in [0.1, 0.15) is 0 Å². The summed E-state index contributed by atoms with van der Waals surface area (Å²) >= 11 is 0. The third-order valence-electron chi connectivity index (χ3n) is 1.81. The van der Waals surface area contributed by atoms with Crippen LogP contribution in [0.3, 0.4) is 0 Å². The number of phenolic OH excluding ortho intramolecular Hbond substituents is 1. The number of hydrogen-bond acceptors (Lipinski definition) is 3. The quantitative estimate of drug-likeness (QED) is 0.495. The summed E-state index contributed by atoms with van der Waals surface area (Å²) in [4.78, 5) is 10.1. The first-order chi connectivity index (χ1) is 6.79. The van der Waals surface area contributed by atoms with Gasteiger partial charge >= 0.3 is 32.7 Å². The molecule has 0 heterocycles. The Hall–Kier alpha value is -0.916. The van der Waals surface area contributed by atoms with Crippen LogP contribution >= 0.6 is 0 Å². The van der Waals surface area contributed by atoms with Crippen molar-refractivity contribution < 1.29 is 42.6 Å². The number of hydrogen-bond donors (Lipinski definition) is 2. The summed E-state index contributed by atoms with van der Waals surface area (Å²) in [5, 5.41) is 20.2. The van der Waals surface area contributed by atoms with Gasteiger partial charge in [-0.25, -0.2) is 0 Å². The molecule has 1 rings (SSSR count). The third kappa shape index (κ3) is 3.98. The molecule has 15 heavy (non-hydrogen) atoms. The predicted octanol–water partition coefficient (Wildman–Crippen LogP) is 1.32. The minimum atomic E-state index is 0. The number of nitriles is 1. The molecule has 0 fully saturated rings. The minimum absolute atomic E-state index is 0. The number of aryl methyl sites for hydroxylation is 1. The number of nitrogens with zero attached hydrogens (tertiary/aromatic N) is 1. The molecule has 0 radical (unpaired) electrons. The van der Waals surface area contributed by atoms with Crippen molar-refractivity contribution >= 4 is 12.1 Å². The fourth-order valence-electron chi connectivity index (χ4n) is 1.14. The molecule has 1 aromatic carbocycles. The first-order valence-corrected chi connectivity index (χ1v) is 4.10. The minimum Gasteiger partial charge on any atom is -0.525 e. The monoisotopic (exact) mass is 278 g/mol. The molecule has 1 amide bonds. The zero-order chi connectivity index (χ0) is 10.4. The number of anilines is 1. The van der Waals surface area contributed by atoms with Crippen LogP contribution in [0.5, 0.6) is 5.75 Å². The van der Waals surface area contributed by atoms with E-state index in [9.17, 15) is 9.90 Å². The molecule has 0 unspecified atom stereocenters. The normalized spacial score (nSPS) is 8.47. The smallest absolute Gasteiger partial charge is 0.525 e. The number of aromatic hydroxyl groups is 1. The molecule has 2 N–H and O–H groups in total. The van der Waals surface area contributed by atoms with Crippen LogP contribution in [0.2, 0.25) is 0 Å². The molecule has 0 saturated heterocycles. The van der Waals surface area contributed by atoms with E-state index < -0.39 is 0 Å². The van der Waals surface area contributed by atoms with Gasteiger partial charge in [-0.2, -0.15) is 5.26 Å². The van der Waals surface area contributed by atoms with Gasteiger partial charge in [0.05, 0.1) is 18.2 Å². The van der Waals surface area contributed by atoms with Crippen LogP contribution in [0.25, 0.3) is 0 Å². The zero-order valence-corrected chi connectivity index (χ0v) is 10.9. The average molecular weight is 278 g/mol. The Bertz CT molecular complexity index is 374. The predicted molar refractivity (Wildman–Crippen MR) is 51.4 cm³/mol. The summed E-state index contributed by atoms with van der Waals surface area (Å²) in [6.07, 6.45) is 2.29. The van der Waals surface area contributed by atoms with Crippen molar-refractivity contribution in [2.24, 2.45) is 0 Å². The number of amides is 1. The van der Waals surface area contributed by atoms with Crippen molar-refractivity contribution in [1.29, 1.82) is 5.26 Å². The molecule has 4 nitrogen and oxygen atoms in total. The van der Waals surface area contributed by atoms with E-state index in [1.165, 1.54) is 6.41 Å². The number of nitrogens with one attached hydrogen (secondary N) is 1. The second kappa shape index (κ2) is 7.39. The van der Waals surface area contributed by atoms with E-state index in [0.29, 0.717) is 24.1 Å². The second-order valence-corrected chi connectivity index (χ2v) is 2.70. The van der Waals surface area contributed by atoms with Gasteiger partial charge in [0.15, 0.2) is 0 Å². The SMILES string of the molecule is N#CCCc1cccc(N[C-]=O)c1O.[Y+3]. The maximum absolute atomic E-state index is 10.1. The van der Waals surface area contributed by atoms with Crippen LogP contribution in [0.4, 0.5) is 5.69 Å². The van der Waals surface area contributed by atoms with E-state index in [1.54, 1.807) is 18.2 Å². The molecule has 0 aliphatic carbocycles. The van der Waals surface area contributed by atoms with Crippen LogP contribution in [-0.2, 0) is 43.9 Å². The molecule has 0 bridgehead atoms. The van der Waals surface area contributed by atoms with Crippen molar-refractivity contribution in [3.8, 4) is 11.8 Å². The van der Waals surface area contributed by atoms with E-state index in [4.69, 9.17) is 5.26 Å². The topological polar surface area (TPSA) is 73.1 Å². The molecule has 72 valence electrons. The van der Waals surface area contributed by atoms with Crippen molar-refractivity contribution in [3.63, 3.8) is 0 Å². The average Bonchev–Trinajstić information content (AvgIpc) is 2.20. The first-order valence-electron chi connectivity index (χ1n) is 4.10. The molecular weight excluding hydrogens is 269 g/mol. The van der Waals surface area contributed by atoms with Gasteiger partial charge in [-0.3, -0.25) is 0 Å². The Morgan fingerprint density at radius 2 is 2.27 bits per heavy atom. The second-order valence-electron chi connectivity index (χ2n) is 2.70. The Kier molecular flexibility index (Phi) is 6.93. The van der Waals surface area contributed by atoms with Gasteiger partial charge in [0.25, 0.3) is 0 Å². The molecule has 0 spiro atoms. The van der Waals surface area contributed by atoms with Crippen molar-refractivity contribution in [1.82, 2.24) is 0 Å². The summed E-state index contributed by atoms with van der Waals surface area (Å²) in [5.74, 6) is 0.00565. The standard InChI is InChI=1S/C10H9N2O2.Y/c11-6-2-4-8-3-1-5-9(10(8)14)12-7-13;/h1,3,5,14H,2,4H2,(H,12,13);/q-1;+3. The number of benzene rings is 1. The number of para-hydroxylation sites is 1. The molecular formula is C10H9N2O2Y+2. The molecule has 0 saturated carbocycles. The maximum atomic E-state index is 10.1. The fraction of sp³-hybridized carbons (Fsp3) is 0.200. The molecule has 1 aromatic rings. The summed E-state index contributed by atoms with van der Waals surface area (Å²) in [5.41, 5.74) is 0.960. The van der Waals surface area contributed by atoms with E-state index in [0.717, 1.165) is 0 Å². The van der Waals surface area contributed by atoms with Gasteiger partial charge in [-0.15, -0.1) is 6.07 Å². The van der Waals surface area contributed by atoms with Gasteiger partial charge in [-0.05, 0) is 12.0 Å². The van der Waals surface area contributed by atoms with E-state index in [2.05, 4.69) is 5.32 Å². The van der Waals surface area contributed by atoms with Crippen LogP contribution < -0.4 is 5.32 Å². The van der Waals surface area contributed by atoms with Gasteiger partial charge in [0, 0.05) is 6.42 Å². The Morgan fingerprint density at radius 1 is 1.53 bits per heavy atom.